The molecular formula is C10H5FO4. The van der Waals surface area contributed by atoms with Gasteiger partial charge in [0.1, 0.15) is 11.4 Å². The Labute approximate surface area is 83.6 Å². The van der Waals surface area contributed by atoms with E-state index in [0.717, 1.165) is 12.1 Å². The van der Waals surface area contributed by atoms with Crippen molar-refractivity contribution in [3.63, 3.8) is 0 Å². The second-order valence-corrected chi connectivity index (χ2v) is 2.91. The number of esters is 2. The van der Waals surface area contributed by atoms with E-state index in [-0.39, 0.29) is 11.1 Å². The molecule has 0 saturated carbocycles. The maximum atomic E-state index is 12.6. The molecule has 0 aromatic heterocycles. The molecule has 1 aromatic rings. The van der Waals surface area contributed by atoms with Crippen LogP contribution in [0, 0.1) is 5.82 Å². The highest BCUT2D eigenvalue weighted by Crippen LogP contribution is 2.25. The summed E-state index contributed by atoms with van der Waals surface area (Å²) in [4.78, 5) is 21.9. The van der Waals surface area contributed by atoms with Crippen LogP contribution in [0.2, 0.25) is 0 Å². The van der Waals surface area contributed by atoms with Crippen molar-refractivity contribution in [2.24, 2.45) is 0 Å². The third kappa shape index (κ3) is 1.48. The molecule has 0 unspecified atom stereocenters. The van der Waals surface area contributed by atoms with Crippen molar-refractivity contribution < 1.29 is 23.8 Å². The van der Waals surface area contributed by atoms with E-state index in [1.165, 1.54) is 12.1 Å². The van der Waals surface area contributed by atoms with Crippen LogP contribution in [-0.2, 0) is 14.3 Å². The predicted octanol–water partition coefficient (Wildman–Crippen LogP) is 1.18. The number of aliphatic hydroxyl groups is 1. The highest BCUT2D eigenvalue weighted by molar-refractivity contribution is 6.29. The van der Waals surface area contributed by atoms with Crippen molar-refractivity contribution in [3.8, 4) is 0 Å². The number of benzene rings is 1. The predicted molar refractivity (Wildman–Crippen MR) is 47.0 cm³/mol. The highest BCUT2D eigenvalue weighted by Gasteiger charge is 2.33. The van der Waals surface area contributed by atoms with Gasteiger partial charge in [-0.3, -0.25) is 0 Å². The monoisotopic (exact) mass is 208 g/mol. The van der Waals surface area contributed by atoms with Crippen LogP contribution in [0.5, 0.6) is 0 Å². The molecule has 1 aliphatic heterocycles. The molecular weight excluding hydrogens is 203 g/mol. The molecule has 1 heterocycles. The normalized spacial score (nSPS) is 15.8. The van der Waals surface area contributed by atoms with E-state index in [0.29, 0.717) is 0 Å². The summed E-state index contributed by atoms with van der Waals surface area (Å²) in [7, 11) is 0. The number of hydrogen-bond acceptors (Lipinski definition) is 4. The third-order valence-electron chi connectivity index (χ3n) is 1.95. The van der Waals surface area contributed by atoms with Gasteiger partial charge in [-0.15, -0.1) is 0 Å². The average molecular weight is 208 g/mol. The molecule has 1 aliphatic rings. The Morgan fingerprint density at radius 2 is 1.67 bits per heavy atom. The van der Waals surface area contributed by atoms with Gasteiger partial charge in [-0.2, -0.15) is 0 Å². The number of carbonyl (C=O) groups excluding carboxylic acids is 2. The maximum Gasteiger partial charge on any atom is 0.382 e. The number of halogens is 1. The molecule has 1 N–H and O–H groups in total. The molecule has 0 aliphatic carbocycles. The lowest BCUT2D eigenvalue weighted by Gasteiger charge is -1.97. The Kier molecular flexibility index (Phi) is 2.00. The zero-order chi connectivity index (χ0) is 11.0. The van der Waals surface area contributed by atoms with Crippen LogP contribution >= 0.6 is 0 Å². The van der Waals surface area contributed by atoms with Crippen molar-refractivity contribution in [2.45, 2.75) is 0 Å². The quantitative estimate of drug-likeness (QED) is 0.556. The first kappa shape index (κ1) is 9.39. The van der Waals surface area contributed by atoms with E-state index in [2.05, 4.69) is 4.74 Å². The van der Waals surface area contributed by atoms with E-state index in [1.807, 2.05) is 0 Å². The standard InChI is InChI=1S/C10H5FO4/c11-6-3-1-5(2-4-6)7-8(12)10(14)15-9(7)13/h1-4,12H. The van der Waals surface area contributed by atoms with Crippen LogP contribution in [0.4, 0.5) is 4.39 Å². The summed E-state index contributed by atoms with van der Waals surface area (Å²) in [6, 6.07) is 4.79. The largest absolute Gasteiger partial charge is 0.501 e. The van der Waals surface area contributed by atoms with Crippen molar-refractivity contribution in [1.82, 2.24) is 0 Å². The van der Waals surface area contributed by atoms with Gasteiger partial charge >= 0.3 is 11.9 Å². The Hall–Kier alpha value is -2.17. The SMILES string of the molecule is O=C1OC(=O)C(c2ccc(F)cc2)=C1O. The van der Waals surface area contributed by atoms with Crippen molar-refractivity contribution in [2.75, 3.05) is 0 Å². The Morgan fingerprint density at radius 1 is 1.07 bits per heavy atom. The highest BCUT2D eigenvalue weighted by atomic mass is 19.1. The van der Waals surface area contributed by atoms with Crippen LogP contribution in [0.15, 0.2) is 30.0 Å². The molecule has 5 heteroatoms. The Balaban J connectivity index is 2.51. The molecule has 0 spiro atoms. The minimum Gasteiger partial charge on any atom is -0.501 e. The van der Waals surface area contributed by atoms with E-state index >= 15 is 0 Å². The van der Waals surface area contributed by atoms with E-state index in [9.17, 15) is 19.1 Å². The zero-order valence-electron chi connectivity index (χ0n) is 7.36. The van der Waals surface area contributed by atoms with Crippen LogP contribution in [0.25, 0.3) is 5.57 Å². The van der Waals surface area contributed by atoms with Gasteiger partial charge in [0.2, 0.25) is 5.76 Å². The zero-order valence-corrected chi connectivity index (χ0v) is 7.36. The summed E-state index contributed by atoms with van der Waals surface area (Å²) >= 11 is 0. The lowest BCUT2D eigenvalue weighted by atomic mass is 10.1. The first-order chi connectivity index (χ1) is 7.09. The molecule has 2 rings (SSSR count). The Morgan fingerprint density at radius 3 is 2.13 bits per heavy atom. The van der Waals surface area contributed by atoms with Gasteiger partial charge in [0.05, 0.1) is 0 Å². The van der Waals surface area contributed by atoms with Gasteiger partial charge in [0.25, 0.3) is 0 Å². The lowest BCUT2D eigenvalue weighted by molar-refractivity contribution is -0.151. The first-order valence-electron chi connectivity index (χ1n) is 4.05. The second-order valence-electron chi connectivity index (χ2n) is 2.91. The van der Waals surface area contributed by atoms with Crippen LogP contribution in [-0.4, -0.2) is 17.0 Å². The summed E-state index contributed by atoms with van der Waals surface area (Å²) in [6.45, 7) is 0. The molecule has 4 nitrogen and oxygen atoms in total. The van der Waals surface area contributed by atoms with Crippen LogP contribution < -0.4 is 0 Å². The lowest BCUT2D eigenvalue weighted by Crippen LogP contribution is -2.01. The van der Waals surface area contributed by atoms with Gasteiger partial charge < -0.3 is 9.84 Å². The fourth-order valence-corrected chi connectivity index (χ4v) is 1.25. The summed E-state index contributed by atoms with van der Waals surface area (Å²) in [5.74, 6) is -3.23. The number of ether oxygens (including phenoxy) is 1. The Bertz CT molecular complexity index is 473. The fourth-order valence-electron chi connectivity index (χ4n) is 1.25. The van der Waals surface area contributed by atoms with E-state index in [1.54, 1.807) is 0 Å². The summed E-state index contributed by atoms with van der Waals surface area (Å²) in [5, 5.41) is 9.24. The molecule has 0 radical (unpaired) electrons. The minimum atomic E-state index is -1.08. The van der Waals surface area contributed by atoms with Gasteiger partial charge in [-0.25, -0.2) is 14.0 Å². The molecule has 0 bridgehead atoms. The van der Waals surface area contributed by atoms with Gasteiger partial charge in [0.15, 0.2) is 0 Å². The number of rotatable bonds is 1. The smallest absolute Gasteiger partial charge is 0.382 e. The molecule has 0 fully saturated rings. The summed E-state index contributed by atoms with van der Waals surface area (Å²) in [5.41, 5.74) is 0.00440. The fraction of sp³-hybridized carbons (Fsp3) is 0. The van der Waals surface area contributed by atoms with Gasteiger partial charge in [-0.1, -0.05) is 12.1 Å². The molecule has 76 valence electrons. The number of cyclic esters (lactones) is 2. The van der Waals surface area contributed by atoms with Crippen LogP contribution in [0.3, 0.4) is 0 Å². The molecule has 0 atom stereocenters. The number of hydrogen-bond donors (Lipinski definition) is 1. The minimum absolute atomic E-state index is 0.236. The third-order valence-corrected chi connectivity index (χ3v) is 1.95. The maximum absolute atomic E-state index is 12.6. The summed E-state index contributed by atoms with van der Waals surface area (Å²) < 4.78 is 16.8. The molecule has 1 aromatic carbocycles. The van der Waals surface area contributed by atoms with Crippen LogP contribution in [0.1, 0.15) is 5.56 Å². The molecule has 0 saturated heterocycles. The van der Waals surface area contributed by atoms with Crippen molar-refractivity contribution >= 4 is 17.5 Å². The summed E-state index contributed by atoms with van der Waals surface area (Å²) in [6.07, 6.45) is 0. The second kappa shape index (κ2) is 3.20. The van der Waals surface area contributed by atoms with Crippen molar-refractivity contribution in [3.05, 3.63) is 41.4 Å². The number of aliphatic hydroxyl groups excluding tert-OH is 1. The average Bonchev–Trinajstić information content (AvgIpc) is 2.44. The van der Waals surface area contributed by atoms with E-state index < -0.39 is 23.5 Å². The molecule has 15 heavy (non-hydrogen) atoms. The first-order valence-corrected chi connectivity index (χ1v) is 4.05. The topological polar surface area (TPSA) is 63.6 Å². The van der Waals surface area contributed by atoms with E-state index in [4.69, 9.17) is 0 Å². The van der Waals surface area contributed by atoms with Gasteiger partial charge in [-0.05, 0) is 17.7 Å². The molecule has 0 amide bonds. The van der Waals surface area contributed by atoms with Gasteiger partial charge in [0, 0.05) is 0 Å². The number of carbonyl (C=O) groups is 2. The van der Waals surface area contributed by atoms with Crippen molar-refractivity contribution in [1.29, 1.82) is 0 Å².